The zero-order chi connectivity index (χ0) is 18.6. The Kier molecular flexibility index (Phi) is 5.80. The molecule has 0 saturated carbocycles. The van der Waals surface area contributed by atoms with Crippen LogP contribution >= 0.6 is 0 Å². The summed E-state index contributed by atoms with van der Waals surface area (Å²) in [6.07, 6.45) is 4.78. The molecule has 0 aromatic carbocycles. The Balaban J connectivity index is 1.46. The number of carbonyl (C=O) groups excluding carboxylic acids is 1. The van der Waals surface area contributed by atoms with E-state index in [0.29, 0.717) is 38.0 Å². The van der Waals surface area contributed by atoms with Crippen LogP contribution in [0.3, 0.4) is 0 Å². The average Bonchev–Trinajstić information content (AvgIpc) is 2.62. The summed E-state index contributed by atoms with van der Waals surface area (Å²) < 4.78 is 16.7. The highest BCUT2D eigenvalue weighted by Gasteiger charge is 2.27. The molecule has 1 aromatic heterocycles. The quantitative estimate of drug-likeness (QED) is 0.813. The van der Waals surface area contributed by atoms with Gasteiger partial charge in [-0.2, -0.15) is 0 Å². The van der Waals surface area contributed by atoms with E-state index in [2.05, 4.69) is 14.9 Å². The number of hydrogen-bond donors (Lipinski definition) is 0. The monoisotopic (exact) mass is 364 g/mol. The highest BCUT2D eigenvalue weighted by molar-refractivity contribution is 5.68. The molecule has 0 bridgehead atoms. The summed E-state index contributed by atoms with van der Waals surface area (Å²) in [6, 6.07) is 0. The number of amides is 1. The SMILES string of the molecule is CC(C)(C)OC(=O)N1CCC(Oc2cnc(N3CCOCC3)nc2)CC1. The van der Waals surface area contributed by atoms with E-state index in [9.17, 15) is 4.79 Å². The first kappa shape index (κ1) is 18.7. The number of piperidine rings is 1. The van der Waals surface area contributed by atoms with Gasteiger partial charge >= 0.3 is 6.09 Å². The summed E-state index contributed by atoms with van der Waals surface area (Å²) in [6.45, 7) is 9.92. The van der Waals surface area contributed by atoms with Crippen LogP contribution in [0.2, 0.25) is 0 Å². The Bertz CT molecular complexity index is 588. The fraction of sp³-hybridized carbons (Fsp3) is 0.722. The summed E-state index contributed by atoms with van der Waals surface area (Å²) in [4.78, 5) is 24.7. The van der Waals surface area contributed by atoms with Gasteiger partial charge < -0.3 is 24.0 Å². The Morgan fingerprint density at radius 2 is 1.73 bits per heavy atom. The molecule has 0 aliphatic carbocycles. The van der Waals surface area contributed by atoms with Crippen molar-refractivity contribution in [3.8, 4) is 5.75 Å². The van der Waals surface area contributed by atoms with Crippen molar-refractivity contribution in [3.63, 3.8) is 0 Å². The normalized spacial score (nSPS) is 19.3. The van der Waals surface area contributed by atoms with E-state index in [-0.39, 0.29) is 12.2 Å². The van der Waals surface area contributed by atoms with E-state index < -0.39 is 5.60 Å². The van der Waals surface area contributed by atoms with Crippen LogP contribution in [0.15, 0.2) is 12.4 Å². The number of nitrogens with zero attached hydrogens (tertiary/aromatic N) is 4. The molecule has 26 heavy (non-hydrogen) atoms. The third-order valence-electron chi connectivity index (χ3n) is 4.30. The molecule has 0 unspecified atom stereocenters. The molecule has 0 spiro atoms. The van der Waals surface area contributed by atoms with E-state index in [0.717, 1.165) is 25.9 Å². The summed E-state index contributed by atoms with van der Waals surface area (Å²) in [5, 5.41) is 0. The first-order valence-corrected chi connectivity index (χ1v) is 9.20. The number of rotatable bonds is 3. The van der Waals surface area contributed by atoms with Crippen molar-refractivity contribution in [1.82, 2.24) is 14.9 Å². The second-order valence-corrected chi connectivity index (χ2v) is 7.60. The number of carbonyl (C=O) groups is 1. The number of ether oxygens (including phenoxy) is 3. The predicted octanol–water partition coefficient (Wildman–Crippen LogP) is 2.09. The van der Waals surface area contributed by atoms with Gasteiger partial charge in [-0.05, 0) is 20.8 Å². The summed E-state index contributed by atoms with van der Waals surface area (Å²) in [5.74, 6) is 1.37. The highest BCUT2D eigenvalue weighted by Crippen LogP contribution is 2.21. The van der Waals surface area contributed by atoms with Crippen molar-refractivity contribution in [2.75, 3.05) is 44.3 Å². The lowest BCUT2D eigenvalue weighted by Crippen LogP contribution is -2.44. The molecule has 0 radical (unpaired) electrons. The second kappa shape index (κ2) is 8.07. The van der Waals surface area contributed by atoms with Gasteiger partial charge in [0.25, 0.3) is 0 Å². The molecule has 8 nitrogen and oxygen atoms in total. The fourth-order valence-electron chi connectivity index (χ4n) is 2.97. The Hall–Kier alpha value is -2.09. The minimum atomic E-state index is -0.468. The van der Waals surface area contributed by atoms with Crippen molar-refractivity contribution in [3.05, 3.63) is 12.4 Å². The Morgan fingerprint density at radius 1 is 1.12 bits per heavy atom. The zero-order valence-corrected chi connectivity index (χ0v) is 15.8. The van der Waals surface area contributed by atoms with Gasteiger partial charge in [-0.3, -0.25) is 0 Å². The molecule has 144 valence electrons. The minimum Gasteiger partial charge on any atom is -0.487 e. The predicted molar refractivity (Wildman–Crippen MR) is 96.5 cm³/mol. The van der Waals surface area contributed by atoms with Gasteiger partial charge in [-0.25, -0.2) is 14.8 Å². The fourth-order valence-corrected chi connectivity index (χ4v) is 2.97. The summed E-state index contributed by atoms with van der Waals surface area (Å²) >= 11 is 0. The van der Waals surface area contributed by atoms with Crippen LogP contribution < -0.4 is 9.64 Å². The van der Waals surface area contributed by atoms with Crippen molar-refractivity contribution >= 4 is 12.0 Å². The largest absolute Gasteiger partial charge is 0.487 e. The van der Waals surface area contributed by atoms with E-state index in [1.54, 1.807) is 17.3 Å². The summed E-state index contributed by atoms with van der Waals surface area (Å²) in [7, 11) is 0. The smallest absolute Gasteiger partial charge is 0.410 e. The molecule has 1 aromatic rings. The third-order valence-corrected chi connectivity index (χ3v) is 4.30. The van der Waals surface area contributed by atoms with Crippen molar-refractivity contribution in [2.45, 2.75) is 45.3 Å². The molecule has 3 heterocycles. The van der Waals surface area contributed by atoms with Crippen LogP contribution in [0.4, 0.5) is 10.7 Å². The van der Waals surface area contributed by atoms with Crippen LogP contribution in [0, 0.1) is 0 Å². The Morgan fingerprint density at radius 3 is 2.31 bits per heavy atom. The van der Waals surface area contributed by atoms with Gasteiger partial charge in [0, 0.05) is 39.0 Å². The van der Waals surface area contributed by atoms with Gasteiger partial charge in [0.2, 0.25) is 5.95 Å². The van der Waals surface area contributed by atoms with Crippen LogP contribution in [-0.2, 0) is 9.47 Å². The molecular weight excluding hydrogens is 336 g/mol. The molecule has 1 amide bonds. The zero-order valence-electron chi connectivity index (χ0n) is 15.8. The van der Waals surface area contributed by atoms with Crippen LogP contribution in [-0.4, -0.2) is 72.1 Å². The van der Waals surface area contributed by atoms with Crippen LogP contribution in [0.25, 0.3) is 0 Å². The van der Waals surface area contributed by atoms with Crippen molar-refractivity contribution in [2.24, 2.45) is 0 Å². The number of likely N-dealkylation sites (tertiary alicyclic amines) is 1. The van der Waals surface area contributed by atoms with Gasteiger partial charge in [0.05, 0.1) is 25.6 Å². The summed E-state index contributed by atoms with van der Waals surface area (Å²) in [5.41, 5.74) is -0.468. The van der Waals surface area contributed by atoms with Crippen LogP contribution in [0.5, 0.6) is 5.75 Å². The maximum absolute atomic E-state index is 12.1. The van der Waals surface area contributed by atoms with Gasteiger partial charge in [0.15, 0.2) is 5.75 Å². The number of morpholine rings is 1. The standard InChI is InChI=1S/C18H28N4O4/c1-18(2,3)26-17(23)22-6-4-14(5-7-22)25-15-12-19-16(20-13-15)21-8-10-24-11-9-21/h12-14H,4-11H2,1-3H3. The number of aromatic nitrogens is 2. The molecule has 2 aliphatic rings. The lowest BCUT2D eigenvalue weighted by Gasteiger charge is -2.33. The topological polar surface area (TPSA) is 77.0 Å². The Labute approximate surface area is 154 Å². The maximum Gasteiger partial charge on any atom is 0.410 e. The first-order valence-electron chi connectivity index (χ1n) is 9.20. The van der Waals surface area contributed by atoms with Crippen molar-refractivity contribution < 1.29 is 19.0 Å². The lowest BCUT2D eigenvalue weighted by molar-refractivity contribution is 0.0126. The van der Waals surface area contributed by atoms with Gasteiger partial charge in [-0.1, -0.05) is 0 Å². The van der Waals surface area contributed by atoms with E-state index >= 15 is 0 Å². The highest BCUT2D eigenvalue weighted by atomic mass is 16.6. The lowest BCUT2D eigenvalue weighted by atomic mass is 10.1. The molecular formula is C18H28N4O4. The van der Waals surface area contributed by atoms with Crippen LogP contribution in [0.1, 0.15) is 33.6 Å². The second-order valence-electron chi connectivity index (χ2n) is 7.60. The number of hydrogen-bond acceptors (Lipinski definition) is 7. The molecule has 0 atom stereocenters. The van der Waals surface area contributed by atoms with E-state index in [1.807, 2.05) is 20.8 Å². The minimum absolute atomic E-state index is 0.0616. The molecule has 8 heteroatoms. The molecule has 0 N–H and O–H groups in total. The molecule has 2 aliphatic heterocycles. The molecule has 2 saturated heterocycles. The van der Waals surface area contributed by atoms with Gasteiger partial charge in [-0.15, -0.1) is 0 Å². The van der Waals surface area contributed by atoms with E-state index in [4.69, 9.17) is 14.2 Å². The van der Waals surface area contributed by atoms with E-state index in [1.165, 1.54) is 0 Å². The maximum atomic E-state index is 12.1. The average molecular weight is 364 g/mol. The third kappa shape index (κ3) is 5.20. The van der Waals surface area contributed by atoms with Gasteiger partial charge in [0.1, 0.15) is 11.7 Å². The molecule has 3 rings (SSSR count). The molecule has 2 fully saturated rings. The number of anilines is 1. The first-order chi connectivity index (χ1) is 12.4. The van der Waals surface area contributed by atoms with Crippen molar-refractivity contribution in [1.29, 1.82) is 0 Å².